The Hall–Kier alpha value is -2.87. The number of rotatable bonds is 7. The molecule has 1 N–H and O–H groups in total. The molecule has 1 amide bonds. The molecule has 0 heterocycles. The first-order chi connectivity index (χ1) is 14.3. The molecule has 3 aromatic rings. The van der Waals surface area contributed by atoms with E-state index in [1.54, 1.807) is 30.3 Å². The van der Waals surface area contributed by atoms with Crippen LogP contribution < -0.4 is 10.1 Å². The molecule has 6 nitrogen and oxygen atoms in total. The van der Waals surface area contributed by atoms with Crippen molar-refractivity contribution in [2.24, 2.45) is 0 Å². The predicted octanol–water partition coefficient (Wildman–Crippen LogP) is 4.42. The molecule has 0 bridgehead atoms. The SMILES string of the molecule is CN(C)S(=O)(=O)c1cc(NC(=O)c2cccc(OCc3ccccc3)c2)ccc1Cl. The van der Waals surface area contributed by atoms with E-state index in [1.165, 1.54) is 26.2 Å². The van der Waals surface area contributed by atoms with Crippen molar-refractivity contribution in [2.45, 2.75) is 11.5 Å². The van der Waals surface area contributed by atoms with E-state index in [9.17, 15) is 13.2 Å². The summed E-state index contributed by atoms with van der Waals surface area (Å²) in [5.74, 6) is 0.161. The summed E-state index contributed by atoms with van der Waals surface area (Å²) >= 11 is 6.05. The number of hydrogen-bond acceptors (Lipinski definition) is 4. The van der Waals surface area contributed by atoms with Crippen LogP contribution in [0.2, 0.25) is 5.02 Å². The lowest BCUT2D eigenvalue weighted by Crippen LogP contribution is -2.23. The predicted molar refractivity (Wildman–Crippen MR) is 117 cm³/mol. The summed E-state index contributed by atoms with van der Waals surface area (Å²) < 4.78 is 31.6. The van der Waals surface area contributed by atoms with Gasteiger partial charge < -0.3 is 10.1 Å². The Morgan fingerprint density at radius 2 is 1.73 bits per heavy atom. The number of anilines is 1. The lowest BCUT2D eigenvalue weighted by atomic mass is 10.2. The number of benzene rings is 3. The van der Waals surface area contributed by atoms with Gasteiger partial charge in [0.2, 0.25) is 10.0 Å². The molecule has 156 valence electrons. The zero-order chi connectivity index (χ0) is 21.7. The normalized spacial score (nSPS) is 11.3. The molecule has 0 aromatic heterocycles. The summed E-state index contributed by atoms with van der Waals surface area (Å²) in [7, 11) is -0.912. The van der Waals surface area contributed by atoms with E-state index in [2.05, 4.69) is 5.32 Å². The molecule has 0 atom stereocenters. The van der Waals surface area contributed by atoms with Gasteiger partial charge >= 0.3 is 0 Å². The standard InChI is InChI=1S/C22H21ClN2O4S/c1-25(2)30(27,28)21-14-18(11-12-20(21)23)24-22(26)17-9-6-10-19(13-17)29-15-16-7-4-3-5-8-16/h3-14H,15H2,1-2H3,(H,24,26). The fourth-order valence-electron chi connectivity index (χ4n) is 2.65. The molecule has 0 fully saturated rings. The quantitative estimate of drug-likeness (QED) is 0.585. The third-order valence-electron chi connectivity index (χ3n) is 4.29. The molecule has 3 rings (SSSR count). The van der Waals surface area contributed by atoms with Crippen LogP contribution in [0.1, 0.15) is 15.9 Å². The monoisotopic (exact) mass is 444 g/mol. The minimum atomic E-state index is -3.74. The number of ether oxygens (including phenoxy) is 1. The minimum absolute atomic E-state index is 0.0769. The average molecular weight is 445 g/mol. The maximum absolute atomic E-state index is 12.7. The summed E-state index contributed by atoms with van der Waals surface area (Å²) in [5.41, 5.74) is 1.72. The highest BCUT2D eigenvalue weighted by atomic mass is 35.5. The van der Waals surface area contributed by atoms with Crippen molar-refractivity contribution < 1.29 is 17.9 Å². The molecule has 0 aliphatic carbocycles. The molecule has 3 aromatic carbocycles. The highest BCUT2D eigenvalue weighted by Gasteiger charge is 2.21. The second-order valence-corrected chi connectivity index (χ2v) is 9.22. The Kier molecular flexibility index (Phi) is 6.77. The van der Waals surface area contributed by atoms with Gasteiger partial charge in [-0.15, -0.1) is 0 Å². The van der Waals surface area contributed by atoms with Crippen molar-refractivity contribution in [3.05, 3.63) is 88.9 Å². The molecular weight excluding hydrogens is 424 g/mol. The molecule has 30 heavy (non-hydrogen) atoms. The van der Waals surface area contributed by atoms with Gasteiger partial charge in [0.1, 0.15) is 17.3 Å². The van der Waals surface area contributed by atoms with Gasteiger partial charge in [-0.2, -0.15) is 0 Å². The van der Waals surface area contributed by atoms with Gasteiger partial charge in [0.15, 0.2) is 0 Å². The molecular formula is C22H21ClN2O4S. The summed E-state index contributed by atoms with van der Waals surface area (Å²) in [6.45, 7) is 0.384. The van der Waals surface area contributed by atoms with Crippen molar-refractivity contribution >= 4 is 33.2 Å². The maximum Gasteiger partial charge on any atom is 0.255 e. The van der Waals surface area contributed by atoms with E-state index in [0.29, 0.717) is 23.6 Å². The van der Waals surface area contributed by atoms with Crippen molar-refractivity contribution in [1.82, 2.24) is 4.31 Å². The van der Waals surface area contributed by atoms with Gasteiger partial charge in [-0.3, -0.25) is 4.79 Å². The molecule has 0 saturated heterocycles. The number of nitrogens with zero attached hydrogens (tertiary/aromatic N) is 1. The molecule has 0 saturated carbocycles. The van der Waals surface area contributed by atoms with Crippen molar-refractivity contribution in [2.75, 3.05) is 19.4 Å². The van der Waals surface area contributed by atoms with E-state index < -0.39 is 15.9 Å². The maximum atomic E-state index is 12.7. The number of hydrogen-bond donors (Lipinski definition) is 1. The van der Waals surface area contributed by atoms with Gasteiger partial charge in [0.05, 0.1) is 5.02 Å². The molecule has 0 unspecified atom stereocenters. The third kappa shape index (κ3) is 5.18. The zero-order valence-corrected chi connectivity index (χ0v) is 18.1. The van der Waals surface area contributed by atoms with Crippen molar-refractivity contribution in [3.8, 4) is 5.75 Å². The zero-order valence-electron chi connectivity index (χ0n) is 16.5. The highest BCUT2D eigenvalue weighted by molar-refractivity contribution is 7.89. The van der Waals surface area contributed by atoms with E-state index in [4.69, 9.17) is 16.3 Å². The Morgan fingerprint density at radius 3 is 2.43 bits per heavy atom. The van der Waals surface area contributed by atoms with E-state index in [-0.39, 0.29) is 9.92 Å². The topological polar surface area (TPSA) is 75.7 Å². The smallest absolute Gasteiger partial charge is 0.255 e. The van der Waals surface area contributed by atoms with Gasteiger partial charge in [-0.25, -0.2) is 12.7 Å². The van der Waals surface area contributed by atoms with Crippen LogP contribution in [0.25, 0.3) is 0 Å². The first-order valence-corrected chi connectivity index (χ1v) is 10.9. The van der Waals surface area contributed by atoms with E-state index in [0.717, 1.165) is 9.87 Å². The summed E-state index contributed by atoms with van der Waals surface area (Å²) in [6, 6.07) is 20.8. The number of sulfonamides is 1. The first-order valence-electron chi connectivity index (χ1n) is 9.07. The van der Waals surface area contributed by atoms with Gasteiger partial charge in [0.25, 0.3) is 5.91 Å². The van der Waals surface area contributed by atoms with Crippen LogP contribution in [0.5, 0.6) is 5.75 Å². The summed E-state index contributed by atoms with van der Waals surface area (Å²) in [4.78, 5) is 12.6. The fraction of sp³-hybridized carbons (Fsp3) is 0.136. The van der Waals surface area contributed by atoms with Crippen LogP contribution in [0.15, 0.2) is 77.7 Å². The van der Waals surface area contributed by atoms with E-state index >= 15 is 0 Å². The largest absolute Gasteiger partial charge is 0.489 e. The van der Waals surface area contributed by atoms with Crippen molar-refractivity contribution in [1.29, 1.82) is 0 Å². The van der Waals surface area contributed by atoms with Crippen LogP contribution >= 0.6 is 11.6 Å². The first kappa shape index (κ1) is 21.8. The highest BCUT2D eigenvalue weighted by Crippen LogP contribution is 2.27. The lowest BCUT2D eigenvalue weighted by Gasteiger charge is -2.14. The van der Waals surface area contributed by atoms with Crippen LogP contribution in [0.4, 0.5) is 5.69 Å². The van der Waals surface area contributed by atoms with E-state index in [1.807, 2.05) is 30.3 Å². The van der Waals surface area contributed by atoms with Gasteiger partial charge in [-0.05, 0) is 42.0 Å². The Balaban J connectivity index is 1.75. The molecule has 0 aliphatic heterocycles. The number of carbonyl (C=O) groups is 1. The Morgan fingerprint density at radius 1 is 1.00 bits per heavy atom. The van der Waals surface area contributed by atoms with Gasteiger partial charge in [0, 0.05) is 25.3 Å². The van der Waals surface area contributed by atoms with Crippen molar-refractivity contribution in [3.63, 3.8) is 0 Å². The van der Waals surface area contributed by atoms with Crippen LogP contribution in [-0.4, -0.2) is 32.7 Å². The molecule has 0 spiro atoms. The molecule has 0 aliphatic rings. The van der Waals surface area contributed by atoms with Gasteiger partial charge in [-0.1, -0.05) is 48.0 Å². The summed E-state index contributed by atoms with van der Waals surface area (Å²) in [6.07, 6.45) is 0. The van der Waals surface area contributed by atoms with Crippen LogP contribution in [0, 0.1) is 0 Å². The number of halogens is 1. The molecule has 0 radical (unpaired) electrons. The third-order valence-corrected chi connectivity index (χ3v) is 6.59. The number of amides is 1. The van der Waals surface area contributed by atoms with Crippen LogP contribution in [0.3, 0.4) is 0 Å². The fourth-order valence-corrected chi connectivity index (χ4v) is 4.04. The molecule has 8 heteroatoms. The minimum Gasteiger partial charge on any atom is -0.489 e. The lowest BCUT2D eigenvalue weighted by molar-refractivity contribution is 0.102. The number of nitrogens with one attached hydrogen (secondary N) is 1. The van der Waals surface area contributed by atoms with Crippen LogP contribution in [-0.2, 0) is 16.6 Å². The average Bonchev–Trinajstić information content (AvgIpc) is 2.74. The second-order valence-electron chi connectivity index (χ2n) is 6.69. The Labute approximate surface area is 181 Å². The Bertz CT molecular complexity index is 1150. The number of carbonyl (C=O) groups excluding carboxylic acids is 1. The summed E-state index contributed by atoms with van der Waals surface area (Å²) in [5, 5.41) is 2.78. The second kappa shape index (κ2) is 9.30.